The highest BCUT2D eigenvalue weighted by Crippen LogP contribution is 2.22. The molecular formula is C22H25NO5. The van der Waals surface area contributed by atoms with E-state index in [9.17, 15) is 14.4 Å². The van der Waals surface area contributed by atoms with Crippen molar-refractivity contribution in [3.8, 4) is 11.1 Å². The van der Waals surface area contributed by atoms with Gasteiger partial charge in [0.05, 0.1) is 12.8 Å². The zero-order valence-corrected chi connectivity index (χ0v) is 15.9. The van der Waals surface area contributed by atoms with Crippen LogP contribution in [-0.2, 0) is 27.2 Å². The van der Waals surface area contributed by atoms with Crippen LogP contribution in [-0.4, -0.2) is 34.1 Å². The summed E-state index contributed by atoms with van der Waals surface area (Å²) in [5.41, 5.74) is 4.35. The van der Waals surface area contributed by atoms with Crippen molar-refractivity contribution < 1.29 is 24.6 Å². The number of hydrogen-bond acceptors (Lipinski definition) is 3. The van der Waals surface area contributed by atoms with Gasteiger partial charge < -0.3 is 15.5 Å². The molecule has 0 bridgehead atoms. The van der Waals surface area contributed by atoms with Crippen molar-refractivity contribution in [2.75, 3.05) is 0 Å². The van der Waals surface area contributed by atoms with E-state index in [0.717, 1.165) is 23.1 Å². The van der Waals surface area contributed by atoms with Gasteiger partial charge in [-0.25, -0.2) is 0 Å². The number of aryl methyl sites for hydroxylation is 1. The summed E-state index contributed by atoms with van der Waals surface area (Å²) in [5, 5.41) is 20.4. The molecule has 0 fully saturated rings. The molecule has 0 aliphatic rings. The van der Waals surface area contributed by atoms with Crippen LogP contribution in [0.2, 0.25) is 0 Å². The number of aliphatic carboxylic acids is 2. The van der Waals surface area contributed by atoms with E-state index in [1.165, 1.54) is 5.56 Å². The number of nitrogens with one attached hydrogen (secondary N) is 1. The molecule has 6 nitrogen and oxygen atoms in total. The molecule has 0 heterocycles. The minimum atomic E-state index is -1.06. The molecule has 0 radical (unpaired) electrons. The van der Waals surface area contributed by atoms with Crippen LogP contribution in [0.1, 0.15) is 37.3 Å². The van der Waals surface area contributed by atoms with Gasteiger partial charge in [0.2, 0.25) is 5.91 Å². The van der Waals surface area contributed by atoms with Crippen molar-refractivity contribution in [1.82, 2.24) is 5.32 Å². The third-order valence-electron chi connectivity index (χ3n) is 4.46. The van der Waals surface area contributed by atoms with E-state index in [1.807, 2.05) is 36.4 Å². The highest BCUT2D eigenvalue weighted by atomic mass is 16.4. The molecule has 1 amide bonds. The molecule has 0 saturated heterocycles. The number of carboxylic acid groups (broad SMARTS) is 2. The van der Waals surface area contributed by atoms with Gasteiger partial charge in [0.15, 0.2) is 0 Å². The lowest BCUT2D eigenvalue weighted by molar-refractivity contribution is -0.140. The van der Waals surface area contributed by atoms with Crippen molar-refractivity contribution in [3.63, 3.8) is 0 Å². The van der Waals surface area contributed by atoms with Crippen LogP contribution >= 0.6 is 0 Å². The van der Waals surface area contributed by atoms with Crippen molar-refractivity contribution in [2.45, 2.75) is 45.1 Å². The molecule has 148 valence electrons. The van der Waals surface area contributed by atoms with Crippen molar-refractivity contribution in [1.29, 1.82) is 0 Å². The molecule has 1 atom stereocenters. The molecule has 2 rings (SSSR count). The van der Waals surface area contributed by atoms with Gasteiger partial charge in [-0.1, -0.05) is 55.5 Å². The summed E-state index contributed by atoms with van der Waals surface area (Å²) in [5.74, 6) is -2.54. The van der Waals surface area contributed by atoms with E-state index in [-0.39, 0.29) is 19.3 Å². The van der Waals surface area contributed by atoms with Gasteiger partial charge >= 0.3 is 11.9 Å². The molecule has 2 aromatic rings. The second-order valence-electron chi connectivity index (χ2n) is 6.71. The monoisotopic (exact) mass is 383 g/mol. The van der Waals surface area contributed by atoms with Crippen LogP contribution in [0.5, 0.6) is 0 Å². The standard InChI is InChI=1S/C22H25NO5/c1-2-15-4-3-5-18(12-15)17-8-6-16(7-9-17)13-19(14-22(27)28)23-20(24)10-11-21(25)26/h3-9,12,19H,2,10-11,13-14H2,1H3,(H,23,24)(H,25,26)(H,27,28)/t19-/m1/s1. The predicted octanol–water partition coefficient (Wildman–Crippen LogP) is 3.28. The molecule has 6 heteroatoms. The van der Waals surface area contributed by atoms with Crippen LogP contribution in [0.3, 0.4) is 0 Å². The lowest BCUT2D eigenvalue weighted by Crippen LogP contribution is -2.38. The summed E-state index contributed by atoms with van der Waals surface area (Å²) in [6, 6.07) is 15.5. The molecular weight excluding hydrogens is 358 g/mol. The van der Waals surface area contributed by atoms with Crippen LogP contribution < -0.4 is 5.32 Å². The zero-order chi connectivity index (χ0) is 20.5. The first-order chi connectivity index (χ1) is 13.4. The third-order valence-corrected chi connectivity index (χ3v) is 4.46. The first kappa shape index (κ1) is 21.2. The Hall–Kier alpha value is -3.15. The summed E-state index contributed by atoms with van der Waals surface area (Å²) in [7, 11) is 0. The Morgan fingerprint density at radius 1 is 0.893 bits per heavy atom. The summed E-state index contributed by atoms with van der Waals surface area (Å²) < 4.78 is 0. The fourth-order valence-corrected chi connectivity index (χ4v) is 2.99. The average molecular weight is 383 g/mol. The maximum absolute atomic E-state index is 11.9. The van der Waals surface area contributed by atoms with E-state index in [4.69, 9.17) is 10.2 Å². The molecule has 0 saturated carbocycles. The van der Waals surface area contributed by atoms with E-state index in [0.29, 0.717) is 6.42 Å². The van der Waals surface area contributed by atoms with Gasteiger partial charge in [0.1, 0.15) is 0 Å². The molecule has 28 heavy (non-hydrogen) atoms. The van der Waals surface area contributed by atoms with Crippen molar-refractivity contribution in [3.05, 3.63) is 59.7 Å². The lowest BCUT2D eigenvalue weighted by atomic mass is 9.98. The van der Waals surface area contributed by atoms with E-state index in [2.05, 4.69) is 24.4 Å². The summed E-state index contributed by atoms with van der Waals surface area (Å²) in [6.45, 7) is 2.11. The molecule has 0 unspecified atom stereocenters. The fourth-order valence-electron chi connectivity index (χ4n) is 2.99. The first-order valence-electron chi connectivity index (χ1n) is 9.28. The topological polar surface area (TPSA) is 104 Å². The Morgan fingerprint density at radius 2 is 1.61 bits per heavy atom. The molecule has 0 spiro atoms. The number of rotatable bonds is 10. The van der Waals surface area contributed by atoms with E-state index in [1.54, 1.807) is 0 Å². The summed E-state index contributed by atoms with van der Waals surface area (Å²) in [6.07, 6.45) is 0.652. The number of carbonyl (C=O) groups excluding carboxylic acids is 1. The molecule has 0 aliphatic carbocycles. The number of amides is 1. The Labute approximate surface area is 164 Å². The third kappa shape index (κ3) is 6.87. The van der Waals surface area contributed by atoms with Crippen molar-refractivity contribution in [2.24, 2.45) is 0 Å². The minimum absolute atomic E-state index is 0.168. The highest BCUT2D eigenvalue weighted by molar-refractivity contribution is 5.81. The zero-order valence-electron chi connectivity index (χ0n) is 15.9. The van der Waals surface area contributed by atoms with Gasteiger partial charge in [-0.05, 0) is 35.1 Å². The lowest BCUT2D eigenvalue weighted by Gasteiger charge is -2.17. The first-order valence-corrected chi connectivity index (χ1v) is 9.28. The van der Waals surface area contributed by atoms with Crippen LogP contribution in [0.4, 0.5) is 0 Å². The maximum atomic E-state index is 11.9. The van der Waals surface area contributed by atoms with Crippen molar-refractivity contribution >= 4 is 17.8 Å². The maximum Gasteiger partial charge on any atom is 0.305 e. The SMILES string of the molecule is CCc1cccc(-c2ccc(C[C@H](CC(=O)O)NC(=O)CCC(=O)O)cc2)c1. The average Bonchev–Trinajstić information content (AvgIpc) is 2.66. The number of hydrogen-bond donors (Lipinski definition) is 3. The summed E-state index contributed by atoms with van der Waals surface area (Å²) >= 11 is 0. The Morgan fingerprint density at radius 3 is 2.21 bits per heavy atom. The quantitative estimate of drug-likeness (QED) is 0.584. The molecule has 0 aromatic heterocycles. The van der Waals surface area contributed by atoms with Gasteiger partial charge in [-0.15, -0.1) is 0 Å². The number of carboxylic acids is 2. The van der Waals surface area contributed by atoms with Gasteiger partial charge in [0.25, 0.3) is 0 Å². The van der Waals surface area contributed by atoms with Gasteiger partial charge in [-0.3, -0.25) is 14.4 Å². The minimum Gasteiger partial charge on any atom is -0.481 e. The normalized spacial score (nSPS) is 11.6. The van der Waals surface area contributed by atoms with Crippen LogP contribution in [0.25, 0.3) is 11.1 Å². The van der Waals surface area contributed by atoms with Gasteiger partial charge in [-0.2, -0.15) is 0 Å². The van der Waals surface area contributed by atoms with Crippen LogP contribution in [0.15, 0.2) is 48.5 Å². The molecule has 0 aliphatic heterocycles. The smallest absolute Gasteiger partial charge is 0.305 e. The number of carbonyl (C=O) groups is 3. The molecule has 2 aromatic carbocycles. The largest absolute Gasteiger partial charge is 0.481 e. The fraction of sp³-hybridized carbons (Fsp3) is 0.318. The highest BCUT2D eigenvalue weighted by Gasteiger charge is 2.17. The van der Waals surface area contributed by atoms with Gasteiger partial charge in [0, 0.05) is 12.5 Å². The second kappa shape index (κ2) is 10.3. The summed E-state index contributed by atoms with van der Waals surface area (Å²) in [4.78, 5) is 33.5. The second-order valence-corrected chi connectivity index (χ2v) is 6.71. The van der Waals surface area contributed by atoms with Crippen LogP contribution in [0, 0.1) is 0 Å². The molecule has 3 N–H and O–H groups in total. The Bertz CT molecular complexity index is 829. The predicted molar refractivity (Wildman–Crippen MR) is 106 cm³/mol. The van der Waals surface area contributed by atoms with E-state index >= 15 is 0 Å². The Balaban J connectivity index is 2.05. The van der Waals surface area contributed by atoms with E-state index < -0.39 is 23.9 Å². The Kier molecular flexibility index (Phi) is 7.75. The number of benzene rings is 2.